The predicted molar refractivity (Wildman–Crippen MR) is 94.2 cm³/mol. The largest absolute Gasteiger partial charge is 0.495 e. The Hall–Kier alpha value is -2.13. The Morgan fingerprint density at radius 3 is 2.84 bits per heavy atom. The maximum Gasteiger partial charge on any atom is 0.179 e. The quantitative estimate of drug-likeness (QED) is 0.629. The maximum absolute atomic E-state index is 9.07. The minimum absolute atomic E-state index is 0.0168. The van der Waals surface area contributed by atoms with Crippen LogP contribution in [0.1, 0.15) is 11.5 Å². The summed E-state index contributed by atoms with van der Waals surface area (Å²) in [6, 6.07) is 3.86. The third-order valence-corrected chi connectivity index (χ3v) is 4.77. The lowest BCUT2D eigenvalue weighted by molar-refractivity contribution is 0.268. The number of ether oxygens (including phenoxy) is 1. The van der Waals surface area contributed by atoms with E-state index in [0.717, 1.165) is 24.0 Å². The fourth-order valence-corrected chi connectivity index (χ4v) is 3.45. The summed E-state index contributed by atoms with van der Waals surface area (Å²) >= 11 is 6.35. The lowest BCUT2D eigenvalue weighted by atomic mass is 9.99. The van der Waals surface area contributed by atoms with Crippen molar-refractivity contribution in [2.45, 2.75) is 12.5 Å². The molecule has 2 aromatic heterocycles. The van der Waals surface area contributed by atoms with Crippen LogP contribution < -0.4 is 15.6 Å². The van der Waals surface area contributed by atoms with E-state index in [1.165, 1.54) is 5.56 Å². The number of aliphatic hydroxyl groups is 1. The van der Waals surface area contributed by atoms with Gasteiger partial charge in [0.25, 0.3) is 0 Å². The number of hydrogen-bond acceptors (Lipinski definition) is 6. The van der Waals surface area contributed by atoms with Crippen molar-refractivity contribution >= 4 is 22.5 Å². The van der Waals surface area contributed by atoms with Gasteiger partial charge < -0.3 is 9.84 Å². The van der Waals surface area contributed by atoms with Crippen molar-refractivity contribution in [2.24, 2.45) is 0 Å². The third kappa shape index (κ3) is 2.87. The van der Waals surface area contributed by atoms with Gasteiger partial charge in [-0.15, -0.1) is 5.10 Å². The highest BCUT2D eigenvalue weighted by Gasteiger charge is 2.23. The second-order valence-electron chi connectivity index (χ2n) is 5.98. The molecule has 0 saturated carbocycles. The molecule has 1 saturated heterocycles. The average Bonchev–Trinajstić information content (AvgIpc) is 3.33. The number of methoxy groups -OCH3 is 1. The Morgan fingerprint density at radius 1 is 1.32 bits per heavy atom. The van der Waals surface area contributed by atoms with Gasteiger partial charge in [-0.1, -0.05) is 16.8 Å². The predicted octanol–water partition coefficient (Wildman–Crippen LogP) is 1.07. The molecule has 3 N–H and O–H groups in total. The van der Waals surface area contributed by atoms with Gasteiger partial charge in [-0.2, -0.15) is 0 Å². The van der Waals surface area contributed by atoms with Gasteiger partial charge >= 0.3 is 0 Å². The first-order valence-corrected chi connectivity index (χ1v) is 8.44. The van der Waals surface area contributed by atoms with E-state index in [1.54, 1.807) is 11.8 Å². The number of fused-ring (bicyclic) bond motifs is 1. The smallest absolute Gasteiger partial charge is 0.179 e. The monoisotopic (exact) mass is 362 g/mol. The topological polar surface area (TPSA) is 89.2 Å². The first-order valence-electron chi connectivity index (χ1n) is 8.07. The molecule has 0 radical (unpaired) electrons. The molecule has 0 bridgehead atoms. The molecule has 25 heavy (non-hydrogen) atoms. The number of aliphatic hydroxyl groups excluding tert-OH is 1. The van der Waals surface area contributed by atoms with Crippen LogP contribution >= 0.6 is 11.6 Å². The molecule has 1 fully saturated rings. The van der Waals surface area contributed by atoms with Gasteiger partial charge in [0.05, 0.1) is 37.0 Å². The normalized spacial score (nSPS) is 15.3. The van der Waals surface area contributed by atoms with E-state index in [9.17, 15) is 0 Å². The number of aromatic nitrogens is 4. The van der Waals surface area contributed by atoms with E-state index >= 15 is 0 Å². The third-order valence-electron chi connectivity index (χ3n) is 4.47. The summed E-state index contributed by atoms with van der Waals surface area (Å²) in [4.78, 5) is 0. The van der Waals surface area contributed by atoms with Crippen LogP contribution in [0.15, 0.2) is 24.5 Å². The van der Waals surface area contributed by atoms with Crippen molar-refractivity contribution in [1.82, 2.24) is 30.4 Å². The molecule has 3 aromatic rings. The Labute approximate surface area is 149 Å². The van der Waals surface area contributed by atoms with E-state index in [4.69, 9.17) is 21.4 Å². The molecule has 9 heteroatoms. The maximum atomic E-state index is 9.07. The lowest BCUT2D eigenvalue weighted by Crippen LogP contribution is -2.21. The van der Waals surface area contributed by atoms with Crippen LogP contribution in [0.25, 0.3) is 16.7 Å². The fourth-order valence-electron chi connectivity index (χ4n) is 3.22. The Morgan fingerprint density at radius 2 is 2.12 bits per heavy atom. The number of hydrogen-bond donors (Lipinski definition) is 3. The van der Waals surface area contributed by atoms with Crippen molar-refractivity contribution in [1.29, 1.82) is 0 Å². The first kappa shape index (κ1) is 16.3. The van der Waals surface area contributed by atoms with Crippen molar-refractivity contribution < 1.29 is 9.84 Å². The highest BCUT2D eigenvalue weighted by Crippen LogP contribution is 2.36. The Bertz CT molecular complexity index is 900. The van der Waals surface area contributed by atoms with Gasteiger partial charge in [-0.3, -0.25) is 15.4 Å². The Balaban J connectivity index is 1.89. The summed E-state index contributed by atoms with van der Waals surface area (Å²) < 4.78 is 8.99. The van der Waals surface area contributed by atoms with Gasteiger partial charge in [0.1, 0.15) is 5.75 Å². The van der Waals surface area contributed by atoms with Gasteiger partial charge in [-0.25, -0.2) is 4.68 Å². The summed E-state index contributed by atoms with van der Waals surface area (Å²) in [7, 11) is 1.61. The molecule has 0 unspecified atom stereocenters. The minimum Gasteiger partial charge on any atom is -0.495 e. The molecule has 4 rings (SSSR count). The fraction of sp³-hybridized carbons (Fsp3) is 0.375. The van der Waals surface area contributed by atoms with Gasteiger partial charge in [0, 0.05) is 30.6 Å². The SMILES string of the molecule is COc1cc2c(C3CNNC3)cn(-c3cn(CCO)nn3)c2cc1Cl. The zero-order valence-electron chi connectivity index (χ0n) is 13.7. The zero-order chi connectivity index (χ0) is 17.4. The lowest BCUT2D eigenvalue weighted by Gasteiger charge is -2.07. The zero-order valence-corrected chi connectivity index (χ0v) is 14.5. The molecular formula is C16H19ClN6O2. The van der Waals surface area contributed by atoms with E-state index in [-0.39, 0.29) is 6.61 Å². The van der Waals surface area contributed by atoms with E-state index in [2.05, 4.69) is 27.4 Å². The van der Waals surface area contributed by atoms with Crippen LogP contribution in [0.4, 0.5) is 0 Å². The number of halogens is 1. The standard InChI is InChI=1S/C16H19ClN6O2/c1-25-15-4-11-12(10-6-18-19-7-10)8-23(14(11)5-13(15)17)16-9-22(2-3-24)21-20-16/h4-5,8-10,18-19,24H,2-3,6-7H2,1H3. The summed E-state index contributed by atoms with van der Waals surface area (Å²) in [5.41, 5.74) is 8.48. The molecule has 1 aromatic carbocycles. The molecule has 0 spiro atoms. The minimum atomic E-state index is 0.0168. The van der Waals surface area contributed by atoms with Crippen LogP contribution in [0.5, 0.6) is 5.75 Å². The Kier molecular flexibility index (Phi) is 4.34. The van der Waals surface area contributed by atoms with Crippen LogP contribution in [-0.4, -0.2) is 51.5 Å². The summed E-state index contributed by atoms with van der Waals surface area (Å²) in [6.07, 6.45) is 3.88. The molecule has 8 nitrogen and oxygen atoms in total. The van der Waals surface area contributed by atoms with Gasteiger partial charge in [0.15, 0.2) is 5.82 Å². The molecule has 0 atom stereocenters. The second-order valence-corrected chi connectivity index (χ2v) is 6.39. The number of hydrazine groups is 1. The molecule has 0 aliphatic carbocycles. The van der Waals surface area contributed by atoms with Crippen LogP contribution in [0, 0.1) is 0 Å². The van der Waals surface area contributed by atoms with E-state index in [0.29, 0.717) is 29.1 Å². The van der Waals surface area contributed by atoms with Gasteiger partial charge in [-0.05, 0) is 17.7 Å². The molecule has 0 amide bonds. The molecule has 3 heterocycles. The highest BCUT2D eigenvalue weighted by molar-refractivity contribution is 6.32. The summed E-state index contributed by atoms with van der Waals surface area (Å²) in [5, 5.41) is 19.0. The van der Waals surface area contributed by atoms with Crippen LogP contribution in [-0.2, 0) is 6.54 Å². The van der Waals surface area contributed by atoms with Crippen molar-refractivity contribution in [2.75, 3.05) is 26.8 Å². The van der Waals surface area contributed by atoms with Crippen LogP contribution in [0.3, 0.4) is 0 Å². The number of benzene rings is 1. The van der Waals surface area contributed by atoms with E-state index in [1.807, 2.05) is 22.9 Å². The molecule has 132 valence electrons. The van der Waals surface area contributed by atoms with Gasteiger partial charge in [0.2, 0.25) is 0 Å². The molecule has 1 aliphatic rings. The number of nitrogens with one attached hydrogen (secondary N) is 2. The van der Waals surface area contributed by atoms with Crippen molar-refractivity contribution in [3.05, 3.63) is 35.1 Å². The summed E-state index contributed by atoms with van der Waals surface area (Å²) in [6.45, 7) is 2.12. The highest BCUT2D eigenvalue weighted by atomic mass is 35.5. The summed E-state index contributed by atoms with van der Waals surface area (Å²) in [5.74, 6) is 1.67. The average molecular weight is 363 g/mol. The molecule has 1 aliphatic heterocycles. The molecular weight excluding hydrogens is 344 g/mol. The number of rotatable bonds is 5. The van der Waals surface area contributed by atoms with E-state index < -0.39 is 0 Å². The second kappa shape index (κ2) is 6.64. The number of nitrogens with zero attached hydrogens (tertiary/aromatic N) is 4. The van der Waals surface area contributed by atoms with Crippen molar-refractivity contribution in [3.63, 3.8) is 0 Å². The van der Waals surface area contributed by atoms with Crippen molar-refractivity contribution in [3.8, 4) is 11.6 Å². The first-order chi connectivity index (χ1) is 12.2. The van der Waals surface area contributed by atoms with Crippen LogP contribution in [0.2, 0.25) is 5.02 Å².